The van der Waals surface area contributed by atoms with Crippen molar-refractivity contribution in [2.45, 2.75) is 19.0 Å². The van der Waals surface area contributed by atoms with E-state index in [0.29, 0.717) is 6.04 Å². The highest BCUT2D eigenvalue weighted by atomic mass is 16.5. The molecular weight excluding hydrogens is 228 g/mol. The van der Waals surface area contributed by atoms with Gasteiger partial charge in [0.05, 0.1) is 19.8 Å². The second-order valence-corrected chi connectivity index (χ2v) is 4.77. The largest absolute Gasteiger partial charge is 0.497 e. The summed E-state index contributed by atoms with van der Waals surface area (Å²) in [5.74, 6) is 0.841. The van der Waals surface area contributed by atoms with Gasteiger partial charge in [-0.3, -0.25) is 4.90 Å². The molecule has 2 rings (SSSR count). The second-order valence-electron chi connectivity index (χ2n) is 4.77. The van der Waals surface area contributed by atoms with Crippen molar-refractivity contribution in [2.24, 2.45) is 0 Å². The third kappa shape index (κ3) is 2.83. The van der Waals surface area contributed by atoms with Crippen LogP contribution in [0.15, 0.2) is 24.3 Å². The van der Waals surface area contributed by atoms with Crippen LogP contribution in [0.4, 0.5) is 0 Å². The molecule has 0 amide bonds. The van der Waals surface area contributed by atoms with Crippen molar-refractivity contribution in [3.05, 3.63) is 29.8 Å². The highest BCUT2D eigenvalue weighted by Crippen LogP contribution is 2.26. The Kier molecular flexibility index (Phi) is 4.58. The van der Waals surface area contributed by atoms with E-state index in [9.17, 15) is 5.11 Å². The smallest absolute Gasteiger partial charge is 0.119 e. The number of rotatable bonds is 4. The summed E-state index contributed by atoms with van der Waals surface area (Å²) in [7, 11) is 1.67. The quantitative estimate of drug-likeness (QED) is 0.837. The van der Waals surface area contributed by atoms with Crippen molar-refractivity contribution < 1.29 is 9.84 Å². The lowest BCUT2D eigenvalue weighted by Gasteiger charge is -2.39. The molecular formula is C14H22N2O2. The van der Waals surface area contributed by atoms with E-state index < -0.39 is 0 Å². The molecule has 0 aromatic heterocycles. The number of benzene rings is 1. The number of aliphatic hydroxyl groups is 1. The Bertz CT molecular complexity index is 384. The maximum Gasteiger partial charge on any atom is 0.119 e. The minimum absolute atomic E-state index is 0.0530. The Balaban J connectivity index is 2.20. The van der Waals surface area contributed by atoms with E-state index in [-0.39, 0.29) is 12.6 Å². The van der Waals surface area contributed by atoms with E-state index in [0.717, 1.165) is 30.9 Å². The fourth-order valence-corrected chi connectivity index (χ4v) is 2.57. The van der Waals surface area contributed by atoms with Gasteiger partial charge in [-0.25, -0.2) is 0 Å². The Hall–Kier alpha value is -1.10. The molecule has 1 aliphatic heterocycles. The Labute approximate surface area is 109 Å². The number of hydrogen-bond donors (Lipinski definition) is 2. The SMILES string of the molecule is COc1cccc(C(CO)N2CCNCC2C)c1. The summed E-state index contributed by atoms with van der Waals surface area (Å²) in [6, 6.07) is 8.45. The van der Waals surface area contributed by atoms with Crippen molar-refractivity contribution in [1.29, 1.82) is 0 Å². The number of ether oxygens (including phenoxy) is 1. The summed E-state index contributed by atoms with van der Waals surface area (Å²) >= 11 is 0. The maximum absolute atomic E-state index is 9.71. The Morgan fingerprint density at radius 1 is 1.56 bits per heavy atom. The van der Waals surface area contributed by atoms with Crippen LogP contribution in [0.3, 0.4) is 0 Å². The van der Waals surface area contributed by atoms with Crippen LogP contribution >= 0.6 is 0 Å². The fourth-order valence-electron chi connectivity index (χ4n) is 2.57. The Morgan fingerprint density at radius 2 is 2.39 bits per heavy atom. The molecule has 2 atom stereocenters. The van der Waals surface area contributed by atoms with Crippen LogP contribution in [0.2, 0.25) is 0 Å². The minimum Gasteiger partial charge on any atom is -0.497 e. The molecule has 0 spiro atoms. The monoisotopic (exact) mass is 250 g/mol. The zero-order chi connectivity index (χ0) is 13.0. The summed E-state index contributed by atoms with van der Waals surface area (Å²) in [6.07, 6.45) is 0. The number of methoxy groups -OCH3 is 1. The topological polar surface area (TPSA) is 44.7 Å². The summed E-state index contributed by atoms with van der Waals surface area (Å²) in [6.45, 7) is 5.24. The molecule has 1 saturated heterocycles. The van der Waals surface area contributed by atoms with Gasteiger partial charge in [-0.05, 0) is 24.6 Å². The van der Waals surface area contributed by atoms with Crippen LogP contribution in [-0.2, 0) is 0 Å². The number of aliphatic hydroxyl groups excluding tert-OH is 1. The molecule has 1 heterocycles. The van der Waals surface area contributed by atoms with E-state index in [4.69, 9.17) is 4.74 Å². The molecule has 100 valence electrons. The van der Waals surface area contributed by atoms with Gasteiger partial charge in [-0.2, -0.15) is 0 Å². The van der Waals surface area contributed by atoms with Crippen molar-refractivity contribution in [3.63, 3.8) is 0 Å². The molecule has 0 radical (unpaired) electrons. The number of nitrogens with one attached hydrogen (secondary N) is 1. The molecule has 1 aromatic carbocycles. The molecule has 1 aromatic rings. The molecule has 4 nitrogen and oxygen atoms in total. The van der Waals surface area contributed by atoms with E-state index in [2.05, 4.69) is 23.2 Å². The normalized spacial score (nSPS) is 22.7. The summed E-state index contributed by atoms with van der Waals surface area (Å²) < 4.78 is 5.25. The average molecular weight is 250 g/mol. The van der Waals surface area contributed by atoms with Gasteiger partial charge in [0, 0.05) is 25.7 Å². The highest BCUT2D eigenvalue weighted by molar-refractivity contribution is 5.30. The zero-order valence-electron chi connectivity index (χ0n) is 11.1. The van der Waals surface area contributed by atoms with Crippen LogP contribution in [-0.4, -0.2) is 49.4 Å². The molecule has 18 heavy (non-hydrogen) atoms. The van der Waals surface area contributed by atoms with Gasteiger partial charge in [-0.15, -0.1) is 0 Å². The van der Waals surface area contributed by atoms with Gasteiger partial charge < -0.3 is 15.2 Å². The summed E-state index contributed by atoms with van der Waals surface area (Å²) in [5.41, 5.74) is 1.12. The van der Waals surface area contributed by atoms with Gasteiger partial charge in [0.25, 0.3) is 0 Å². The molecule has 0 aliphatic carbocycles. The predicted molar refractivity (Wildman–Crippen MR) is 71.9 cm³/mol. The number of piperazine rings is 1. The molecule has 0 saturated carbocycles. The van der Waals surface area contributed by atoms with Gasteiger partial charge in [0.1, 0.15) is 5.75 Å². The molecule has 1 aliphatic rings. The van der Waals surface area contributed by atoms with Gasteiger partial charge in [0.2, 0.25) is 0 Å². The Morgan fingerprint density at radius 3 is 3.06 bits per heavy atom. The lowest BCUT2D eigenvalue weighted by atomic mass is 10.0. The van der Waals surface area contributed by atoms with Crippen LogP contribution < -0.4 is 10.1 Å². The van der Waals surface area contributed by atoms with E-state index in [1.807, 2.05) is 18.2 Å². The fraction of sp³-hybridized carbons (Fsp3) is 0.571. The first-order chi connectivity index (χ1) is 8.76. The molecule has 4 heteroatoms. The standard InChI is InChI=1S/C14H22N2O2/c1-11-9-15-6-7-16(11)14(10-17)12-4-3-5-13(8-12)18-2/h3-5,8,11,14-15,17H,6-7,9-10H2,1-2H3. The zero-order valence-corrected chi connectivity index (χ0v) is 11.1. The van der Waals surface area contributed by atoms with Crippen LogP contribution in [0.25, 0.3) is 0 Å². The molecule has 0 bridgehead atoms. The van der Waals surface area contributed by atoms with Crippen LogP contribution in [0.1, 0.15) is 18.5 Å². The van der Waals surface area contributed by atoms with Crippen molar-refractivity contribution >= 4 is 0 Å². The first kappa shape index (κ1) is 13.3. The predicted octanol–water partition coefficient (Wildman–Crippen LogP) is 1.02. The molecule has 2 unspecified atom stereocenters. The second kappa shape index (κ2) is 6.18. The average Bonchev–Trinajstić information content (AvgIpc) is 2.42. The highest BCUT2D eigenvalue weighted by Gasteiger charge is 2.26. The number of nitrogens with zero attached hydrogens (tertiary/aromatic N) is 1. The minimum atomic E-state index is 0.0530. The molecule has 1 fully saturated rings. The van der Waals surface area contributed by atoms with Crippen LogP contribution in [0.5, 0.6) is 5.75 Å². The first-order valence-corrected chi connectivity index (χ1v) is 6.47. The van der Waals surface area contributed by atoms with E-state index in [1.54, 1.807) is 7.11 Å². The number of hydrogen-bond acceptors (Lipinski definition) is 4. The van der Waals surface area contributed by atoms with Gasteiger partial charge >= 0.3 is 0 Å². The van der Waals surface area contributed by atoms with Crippen molar-refractivity contribution in [1.82, 2.24) is 10.2 Å². The van der Waals surface area contributed by atoms with Gasteiger partial charge in [-0.1, -0.05) is 12.1 Å². The third-order valence-electron chi connectivity index (χ3n) is 3.60. The van der Waals surface area contributed by atoms with Crippen molar-refractivity contribution in [3.8, 4) is 5.75 Å². The van der Waals surface area contributed by atoms with E-state index >= 15 is 0 Å². The van der Waals surface area contributed by atoms with Gasteiger partial charge in [0.15, 0.2) is 0 Å². The van der Waals surface area contributed by atoms with Crippen molar-refractivity contribution in [2.75, 3.05) is 33.4 Å². The van der Waals surface area contributed by atoms with Crippen LogP contribution in [0, 0.1) is 0 Å². The molecule has 2 N–H and O–H groups in total. The third-order valence-corrected chi connectivity index (χ3v) is 3.60. The van der Waals surface area contributed by atoms with E-state index in [1.165, 1.54) is 0 Å². The summed E-state index contributed by atoms with van der Waals surface area (Å²) in [5, 5.41) is 13.1. The lowest BCUT2D eigenvalue weighted by molar-refractivity contribution is 0.0722. The lowest BCUT2D eigenvalue weighted by Crippen LogP contribution is -2.51. The summed E-state index contributed by atoms with van der Waals surface area (Å²) in [4.78, 5) is 2.35. The maximum atomic E-state index is 9.71. The first-order valence-electron chi connectivity index (χ1n) is 6.47.